The van der Waals surface area contributed by atoms with E-state index in [0.29, 0.717) is 18.0 Å². The number of aromatic nitrogens is 1. The highest BCUT2D eigenvalue weighted by atomic mass is 16.6. The molecule has 3 rings (SSSR count). The maximum Gasteiger partial charge on any atom is 0.273 e. The van der Waals surface area contributed by atoms with E-state index < -0.39 is 4.92 Å². The molecule has 1 heterocycles. The maximum absolute atomic E-state index is 12.2. The molecule has 2 aromatic carbocycles. The van der Waals surface area contributed by atoms with Gasteiger partial charge in [0.15, 0.2) is 0 Å². The molecule has 0 saturated carbocycles. The molecule has 0 atom stereocenters. The lowest BCUT2D eigenvalue weighted by molar-refractivity contribution is -0.384. The lowest BCUT2D eigenvalue weighted by atomic mass is 10.1. The summed E-state index contributed by atoms with van der Waals surface area (Å²) in [6.45, 7) is 6.32. The van der Waals surface area contributed by atoms with Crippen LogP contribution >= 0.6 is 0 Å². The largest absolute Gasteiger partial charge is 0.494 e. The molecule has 0 saturated heterocycles. The molecule has 1 N–H and O–H groups in total. The predicted molar refractivity (Wildman–Crippen MR) is 126 cm³/mol. The number of hydrogen-bond donors (Lipinski definition) is 1. The minimum absolute atomic E-state index is 0.0462. The van der Waals surface area contributed by atoms with Gasteiger partial charge in [0, 0.05) is 23.0 Å². The molecule has 0 aliphatic carbocycles. The topological polar surface area (TPSA) is 108 Å². The van der Waals surface area contributed by atoms with Crippen LogP contribution in [0.2, 0.25) is 0 Å². The summed E-state index contributed by atoms with van der Waals surface area (Å²) in [7, 11) is 1.47. The van der Waals surface area contributed by atoms with Gasteiger partial charge in [0.25, 0.3) is 5.69 Å². The Morgan fingerprint density at radius 1 is 1.18 bits per heavy atom. The number of benzene rings is 2. The number of amides is 1. The van der Waals surface area contributed by atoms with Crippen LogP contribution in [0.1, 0.15) is 29.4 Å². The van der Waals surface area contributed by atoms with Crippen molar-refractivity contribution in [3.8, 4) is 17.2 Å². The fourth-order valence-corrected chi connectivity index (χ4v) is 3.52. The van der Waals surface area contributed by atoms with Gasteiger partial charge in [-0.05, 0) is 50.6 Å². The SMILES string of the molecule is CCOc1ccc(CC(=O)N/N=C\c2cc(C)n(-c3ccc([N+](=O)[O-])cc3OC)c2C)cc1. The van der Waals surface area contributed by atoms with Gasteiger partial charge in [-0.15, -0.1) is 0 Å². The van der Waals surface area contributed by atoms with E-state index in [1.807, 2.05) is 55.7 Å². The van der Waals surface area contributed by atoms with E-state index in [4.69, 9.17) is 9.47 Å². The molecule has 3 aromatic rings. The Morgan fingerprint density at radius 3 is 2.55 bits per heavy atom. The molecule has 0 radical (unpaired) electrons. The van der Waals surface area contributed by atoms with E-state index in [1.54, 1.807) is 12.3 Å². The Labute approximate surface area is 191 Å². The zero-order valence-electron chi connectivity index (χ0n) is 19.0. The molecule has 0 bridgehead atoms. The first-order valence-corrected chi connectivity index (χ1v) is 10.4. The first kappa shape index (κ1) is 23.5. The molecule has 0 aliphatic heterocycles. The van der Waals surface area contributed by atoms with Crippen LogP contribution in [0, 0.1) is 24.0 Å². The van der Waals surface area contributed by atoms with Crippen molar-refractivity contribution < 1.29 is 19.2 Å². The van der Waals surface area contributed by atoms with E-state index in [-0.39, 0.29) is 18.0 Å². The van der Waals surface area contributed by atoms with Gasteiger partial charge in [-0.1, -0.05) is 12.1 Å². The molecule has 0 fully saturated rings. The number of rotatable bonds is 9. The highest BCUT2D eigenvalue weighted by molar-refractivity contribution is 5.85. The Kier molecular flexibility index (Phi) is 7.45. The van der Waals surface area contributed by atoms with Crippen molar-refractivity contribution in [3.05, 3.63) is 81.2 Å². The van der Waals surface area contributed by atoms with E-state index in [0.717, 1.165) is 28.3 Å². The fraction of sp³-hybridized carbons (Fsp3) is 0.250. The summed E-state index contributed by atoms with van der Waals surface area (Å²) < 4.78 is 12.7. The summed E-state index contributed by atoms with van der Waals surface area (Å²) in [6, 6.07) is 13.7. The van der Waals surface area contributed by atoms with E-state index in [2.05, 4.69) is 10.5 Å². The lowest BCUT2D eigenvalue weighted by Crippen LogP contribution is -2.19. The summed E-state index contributed by atoms with van der Waals surface area (Å²) in [4.78, 5) is 22.8. The number of aryl methyl sites for hydroxylation is 1. The number of hydrogen-bond acceptors (Lipinski definition) is 6. The minimum Gasteiger partial charge on any atom is -0.494 e. The number of ether oxygens (including phenoxy) is 2. The Morgan fingerprint density at radius 2 is 1.91 bits per heavy atom. The number of carbonyl (C=O) groups is 1. The molecule has 0 spiro atoms. The van der Waals surface area contributed by atoms with Crippen molar-refractivity contribution in [2.45, 2.75) is 27.2 Å². The average Bonchev–Trinajstić information content (AvgIpc) is 3.07. The van der Waals surface area contributed by atoms with Gasteiger partial charge in [-0.2, -0.15) is 5.10 Å². The van der Waals surface area contributed by atoms with Gasteiger partial charge in [0.1, 0.15) is 11.5 Å². The van der Waals surface area contributed by atoms with Crippen LogP contribution in [0.15, 0.2) is 53.6 Å². The molecule has 9 nitrogen and oxygen atoms in total. The van der Waals surface area contributed by atoms with Crippen LogP contribution in [0.4, 0.5) is 5.69 Å². The third-order valence-corrected chi connectivity index (χ3v) is 5.08. The van der Waals surface area contributed by atoms with Gasteiger partial charge in [-0.25, -0.2) is 5.43 Å². The summed E-state index contributed by atoms with van der Waals surface area (Å²) in [6.07, 6.45) is 1.77. The van der Waals surface area contributed by atoms with Crippen molar-refractivity contribution in [1.29, 1.82) is 0 Å². The zero-order valence-corrected chi connectivity index (χ0v) is 19.0. The van der Waals surface area contributed by atoms with Crippen molar-refractivity contribution in [1.82, 2.24) is 9.99 Å². The predicted octanol–water partition coefficient (Wildman–Crippen LogP) is 4.10. The van der Waals surface area contributed by atoms with Crippen LogP contribution in [-0.4, -0.2) is 35.3 Å². The number of carbonyl (C=O) groups excluding carboxylic acids is 1. The van der Waals surface area contributed by atoms with Gasteiger partial charge in [0.2, 0.25) is 5.91 Å². The van der Waals surface area contributed by atoms with Crippen molar-refractivity contribution >= 4 is 17.8 Å². The molecule has 172 valence electrons. The number of nitrogens with zero attached hydrogens (tertiary/aromatic N) is 3. The number of non-ortho nitro benzene ring substituents is 1. The van der Waals surface area contributed by atoms with Crippen LogP contribution in [0.5, 0.6) is 11.5 Å². The smallest absolute Gasteiger partial charge is 0.273 e. The first-order chi connectivity index (χ1) is 15.8. The highest BCUT2D eigenvalue weighted by Crippen LogP contribution is 2.31. The summed E-state index contributed by atoms with van der Waals surface area (Å²) >= 11 is 0. The van der Waals surface area contributed by atoms with Crippen molar-refractivity contribution in [2.75, 3.05) is 13.7 Å². The average molecular weight is 450 g/mol. The summed E-state index contributed by atoms with van der Waals surface area (Å²) in [5, 5.41) is 15.2. The summed E-state index contributed by atoms with van der Waals surface area (Å²) in [5.41, 5.74) is 6.58. The second-order valence-corrected chi connectivity index (χ2v) is 7.32. The van der Waals surface area contributed by atoms with Gasteiger partial charge < -0.3 is 14.0 Å². The quantitative estimate of drug-likeness (QED) is 0.300. The number of nitrogens with one attached hydrogen (secondary N) is 1. The van der Waals surface area contributed by atoms with Crippen molar-refractivity contribution in [2.24, 2.45) is 5.10 Å². The van der Waals surface area contributed by atoms with Crippen LogP contribution in [0.25, 0.3) is 5.69 Å². The molecule has 1 aromatic heterocycles. The molecule has 1 amide bonds. The van der Waals surface area contributed by atoms with Crippen molar-refractivity contribution in [3.63, 3.8) is 0 Å². The molecule has 9 heteroatoms. The second-order valence-electron chi connectivity index (χ2n) is 7.32. The third kappa shape index (κ3) is 5.57. The normalized spacial score (nSPS) is 10.9. The highest BCUT2D eigenvalue weighted by Gasteiger charge is 2.17. The van der Waals surface area contributed by atoms with Crippen LogP contribution in [-0.2, 0) is 11.2 Å². The molecule has 33 heavy (non-hydrogen) atoms. The number of nitro benzene ring substituents is 1. The zero-order chi connectivity index (χ0) is 24.0. The lowest BCUT2D eigenvalue weighted by Gasteiger charge is -2.13. The number of nitro groups is 1. The molecule has 0 unspecified atom stereocenters. The first-order valence-electron chi connectivity index (χ1n) is 10.4. The van der Waals surface area contributed by atoms with E-state index in [9.17, 15) is 14.9 Å². The summed E-state index contributed by atoms with van der Waals surface area (Å²) in [5.74, 6) is 0.916. The van der Waals surface area contributed by atoms with Gasteiger partial charge in [0.05, 0.1) is 43.0 Å². The van der Waals surface area contributed by atoms with Gasteiger partial charge in [-0.3, -0.25) is 14.9 Å². The Hall–Kier alpha value is -4.14. The Balaban J connectivity index is 1.72. The van der Waals surface area contributed by atoms with Crippen LogP contribution < -0.4 is 14.9 Å². The molecule has 0 aliphatic rings. The maximum atomic E-state index is 12.2. The number of hydrazone groups is 1. The monoisotopic (exact) mass is 450 g/mol. The molecular formula is C24H26N4O5. The number of methoxy groups -OCH3 is 1. The van der Waals surface area contributed by atoms with E-state index in [1.165, 1.54) is 19.2 Å². The standard InChI is InChI=1S/C24H26N4O5/c1-5-33-21-9-6-18(7-10-21)13-24(29)26-25-15-19-12-16(2)27(17(19)3)22-11-8-20(28(30)31)14-23(22)32-4/h6-12,14-15H,5,13H2,1-4H3,(H,26,29)/b25-15-. The second kappa shape index (κ2) is 10.4. The Bertz CT molecular complexity index is 1180. The van der Waals surface area contributed by atoms with Gasteiger partial charge >= 0.3 is 0 Å². The van der Waals surface area contributed by atoms with E-state index >= 15 is 0 Å². The third-order valence-electron chi connectivity index (χ3n) is 5.08. The minimum atomic E-state index is -0.463. The van der Waals surface area contributed by atoms with Crippen LogP contribution in [0.3, 0.4) is 0 Å². The molecular weight excluding hydrogens is 424 g/mol. The fourth-order valence-electron chi connectivity index (χ4n) is 3.52.